The van der Waals surface area contributed by atoms with Crippen LogP contribution in [0.3, 0.4) is 0 Å². The van der Waals surface area contributed by atoms with Gasteiger partial charge in [-0.05, 0) is 18.9 Å². The molecule has 1 rings (SSSR count). The topological polar surface area (TPSA) is 71.5 Å². The standard InChI is InChI=1S/C13H20F3N3O3S/c1-3-7-19(8-4-2)23(20,21)18-11-5-6-12(17-9-11)22-10-13(14,15)16/h5-6,9,18H,3-4,7-8,10H2,1-2H3. The molecule has 0 bridgehead atoms. The first-order chi connectivity index (χ1) is 10.7. The Bertz CT molecular complexity index is 570. The molecule has 0 radical (unpaired) electrons. The fourth-order valence-electron chi connectivity index (χ4n) is 1.75. The first-order valence-electron chi connectivity index (χ1n) is 7.11. The molecule has 0 saturated heterocycles. The van der Waals surface area contributed by atoms with Gasteiger partial charge in [-0.3, -0.25) is 4.72 Å². The number of nitrogens with zero attached hydrogens (tertiary/aromatic N) is 2. The number of anilines is 1. The molecule has 6 nitrogen and oxygen atoms in total. The van der Waals surface area contributed by atoms with E-state index in [9.17, 15) is 21.6 Å². The summed E-state index contributed by atoms with van der Waals surface area (Å²) in [5, 5.41) is 0. The van der Waals surface area contributed by atoms with Gasteiger partial charge < -0.3 is 4.74 Å². The summed E-state index contributed by atoms with van der Waals surface area (Å²) in [5.74, 6) is -0.232. The maximum atomic E-state index is 12.2. The smallest absolute Gasteiger partial charge is 0.422 e. The number of hydrogen-bond acceptors (Lipinski definition) is 4. The van der Waals surface area contributed by atoms with E-state index in [1.807, 2.05) is 13.8 Å². The lowest BCUT2D eigenvalue weighted by molar-refractivity contribution is -0.154. The molecule has 1 heterocycles. The second kappa shape index (κ2) is 8.34. The lowest BCUT2D eigenvalue weighted by Crippen LogP contribution is -2.37. The molecule has 0 aromatic carbocycles. The molecule has 1 aromatic rings. The number of pyridine rings is 1. The average Bonchev–Trinajstić information content (AvgIpc) is 2.45. The van der Waals surface area contributed by atoms with Gasteiger partial charge in [-0.25, -0.2) is 4.98 Å². The number of hydrogen-bond donors (Lipinski definition) is 1. The Hall–Kier alpha value is -1.55. The van der Waals surface area contributed by atoms with Crippen LogP contribution in [0.15, 0.2) is 18.3 Å². The van der Waals surface area contributed by atoms with E-state index in [-0.39, 0.29) is 11.6 Å². The van der Waals surface area contributed by atoms with Crippen LogP contribution < -0.4 is 9.46 Å². The van der Waals surface area contributed by atoms with E-state index in [1.165, 1.54) is 16.4 Å². The molecule has 1 N–H and O–H groups in total. The molecule has 0 saturated carbocycles. The average molecular weight is 355 g/mol. The zero-order valence-electron chi connectivity index (χ0n) is 12.9. The number of halogens is 3. The van der Waals surface area contributed by atoms with Crippen LogP contribution >= 0.6 is 0 Å². The number of rotatable bonds is 9. The predicted octanol–water partition coefficient (Wildman–Crippen LogP) is 2.80. The summed E-state index contributed by atoms with van der Waals surface area (Å²) in [6.45, 7) is 3.04. The Morgan fingerprint density at radius 2 is 1.83 bits per heavy atom. The molecule has 0 aliphatic heterocycles. The number of alkyl halides is 3. The van der Waals surface area contributed by atoms with Gasteiger partial charge >= 0.3 is 16.4 Å². The highest BCUT2D eigenvalue weighted by molar-refractivity contribution is 7.90. The van der Waals surface area contributed by atoms with Crippen molar-refractivity contribution >= 4 is 15.9 Å². The van der Waals surface area contributed by atoms with Gasteiger partial charge in [0.05, 0.1) is 11.9 Å². The molecular formula is C13H20F3N3O3S. The molecule has 0 atom stereocenters. The predicted molar refractivity (Wildman–Crippen MR) is 80.5 cm³/mol. The van der Waals surface area contributed by atoms with Crippen molar-refractivity contribution in [3.63, 3.8) is 0 Å². The maximum absolute atomic E-state index is 12.2. The van der Waals surface area contributed by atoms with Crippen molar-refractivity contribution in [2.75, 3.05) is 24.4 Å². The molecule has 23 heavy (non-hydrogen) atoms. The first-order valence-corrected chi connectivity index (χ1v) is 8.55. The van der Waals surface area contributed by atoms with E-state index in [0.717, 1.165) is 6.20 Å². The van der Waals surface area contributed by atoms with E-state index >= 15 is 0 Å². The van der Waals surface area contributed by atoms with Crippen molar-refractivity contribution in [3.05, 3.63) is 18.3 Å². The molecule has 0 aliphatic carbocycles. The lowest BCUT2D eigenvalue weighted by atomic mass is 10.4. The van der Waals surface area contributed by atoms with Crippen LogP contribution in [0.1, 0.15) is 26.7 Å². The minimum atomic E-state index is -4.46. The molecule has 0 amide bonds. The maximum Gasteiger partial charge on any atom is 0.422 e. The number of nitrogens with one attached hydrogen (secondary N) is 1. The van der Waals surface area contributed by atoms with Gasteiger partial charge in [-0.15, -0.1) is 0 Å². The van der Waals surface area contributed by atoms with Crippen LogP contribution in [0.25, 0.3) is 0 Å². The SMILES string of the molecule is CCCN(CCC)S(=O)(=O)Nc1ccc(OCC(F)(F)F)nc1. The van der Waals surface area contributed by atoms with E-state index in [1.54, 1.807) is 0 Å². The Labute approximate surface area is 133 Å². The third-order valence-electron chi connectivity index (χ3n) is 2.65. The van der Waals surface area contributed by atoms with Crippen LogP contribution in [0, 0.1) is 0 Å². The van der Waals surface area contributed by atoms with Gasteiger partial charge in [0.2, 0.25) is 5.88 Å². The Morgan fingerprint density at radius 3 is 2.26 bits per heavy atom. The van der Waals surface area contributed by atoms with Crippen molar-refractivity contribution in [3.8, 4) is 5.88 Å². The van der Waals surface area contributed by atoms with Crippen LogP contribution in [-0.4, -0.2) is 43.6 Å². The van der Waals surface area contributed by atoms with E-state index in [0.29, 0.717) is 25.9 Å². The minimum absolute atomic E-state index is 0.154. The summed E-state index contributed by atoms with van der Waals surface area (Å²) in [5.41, 5.74) is 0.154. The Balaban J connectivity index is 2.72. The van der Waals surface area contributed by atoms with Gasteiger partial charge in [0.25, 0.3) is 0 Å². The third kappa shape index (κ3) is 7.04. The summed E-state index contributed by atoms with van der Waals surface area (Å²) in [6.07, 6.45) is -2.01. The minimum Gasteiger partial charge on any atom is -0.468 e. The largest absolute Gasteiger partial charge is 0.468 e. The van der Waals surface area contributed by atoms with Crippen LogP contribution in [0.5, 0.6) is 5.88 Å². The summed E-state index contributed by atoms with van der Waals surface area (Å²) in [6, 6.07) is 2.47. The van der Waals surface area contributed by atoms with E-state index in [2.05, 4.69) is 14.4 Å². The monoisotopic (exact) mass is 355 g/mol. The Kier molecular flexibility index (Phi) is 7.07. The van der Waals surface area contributed by atoms with Crippen molar-refractivity contribution in [2.45, 2.75) is 32.9 Å². The van der Waals surface area contributed by atoms with Gasteiger partial charge in [0, 0.05) is 19.2 Å². The summed E-state index contributed by atoms with van der Waals surface area (Å²) in [4.78, 5) is 3.65. The quantitative estimate of drug-likeness (QED) is 0.739. The normalized spacial score (nSPS) is 12.4. The molecule has 132 valence electrons. The number of ether oxygens (including phenoxy) is 1. The highest BCUT2D eigenvalue weighted by Gasteiger charge is 2.28. The first kappa shape index (κ1) is 19.5. The van der Waals surface area contributed by atoms with Gasteiger partial charge in [0.15, 0.2) is 6.61 Å². The van der Waals surface area contributed by atoms with Crippen molar-refractivity contribution in [2.24, 2.45) is 0 Å². The second-order valence-corrected chi connectivity index (χ2v) is 6.47. The summed E-state index contributed by atoms with van der Waals surface area (Å²) in [7, 11) is -3.73. The second-order valence-electron chi connectivity index (χ2n) is 4.80. The molecule has 0 fully saturated rings. The zero-order valence-corrected chi connectivity index (χ0v) is 13.7. The van der Waals surface area contributed by atoms with Crippen molar-refractivity contribution < 1.29 is 26.3 Å². The zero-order chi connectivity index (χ0) is 17.5. The number of aromatic nitrogens is 1. The molecular weight excluding hydrogens is 335 g/mol. The fourth-order valence-corrected chi connectivity index (χ4v) is 3.14. The third-order valence-corrected chi connectivity index (χ3v) is 4.19. The van der Waals surface area contributed by atoms with Crippen LogP contribution in [0.2, 0.25) is 0 Å². The van der Waals surface area contributed by atoms with Crippen LogP contribution in [0.4, 0.5) is 18.9 Å². The molecule has 0 spiro atoms. The van der Waals surface area contributed by atoms with Crippen LogP contribution in [-0.2, 0) is 10.2 Å². The van der Waals surface area contributed by atoms with Crippen molar-refractivity contribution in [1.82, 2.24) is 9.29 Å². The molecule has 0 aliphatic rings. The fraction of sp³-hybridized carbons (Fsp3) is 0.615. The molecule has 10 heteroatoms. The lowest BCUT2D eigenvalue weighted by Gasteiger charge is -2.21. The van der Waals surface area contributed by atoms with Gasteiger partial charge in [-0.1, -0.05) is 13.8 Å². The highest BCUT2D eigenvalue weighted by atomic mass is 32.2. The molecule has 0 unspecified atom stereocenters. The summed E-state index contributed by atoms with van der Waals surface area (Å²) < 4.78 is 68.6. The van der Waals surface area contributed by atoms with Crippen molar-refractivity contribution in [1.29, 1.82) is 0 Å². The van der Waals surface area contributed by atoms with Gasteiger partial charge in [-0.2, -0.15) is 25.9 Å². The van der Waals surface area contributed by atoms with Gasteiger partial charge in [0.1, 0.15) is 0 Å². The van der Waals surface area contributed by atoms with E-state index < -0.39 is 23.0 Å². The Morgan fingerprint density at radius 1 is 1.22 bits per heavy atom. The van der Waals surface area contributed by atoms with E-state index in [4.69, 9.17) is 0 Å². The highest BCUT2D eigenvalue weighted by Crippen LogP contribution is 2.19. The molecule has 1 aromatic heterocycles. The summed E-state index contributed by atoms with van der Waals surface area (Å²) >= 11 is 0.